The Labute approximate surface area is 137 Å². The summed E-state index contributed by atoms with van der Waals surface area (Å²) in [5, 5.41) is 2.06. The maximum absolute atomic E-state index is 14.2. The predicted molar refractivity (Wildman–Crippen MR) is 83.5 cm³/mol. The van der Waals surface area contributed by atoms with Crippen LogP contribution in [0.4, 0.5) is 20.3 Å². The Balaban J connectivity index is 2.55. The van der Waals surface area contributed by atoms with Gasteiger partial charge in [-0.15, -0.1) is 0 Å². The van der Waals surface area contributed by atoms with Crippen molar-refractivity contribution in [2.75, 3.05) is 12.4 Å². The first-order valence-electron chi connectivity index (χ1n) is 6.35. The van der Waals surface area contributed by atoms with E-state index < -0.39 is 28.3 Å². The number of nitrogens with zero attached hydrogens (tertiary/aromatic N) is 1. The number of halogens is 3. The highest BCUT2D eigenvalue weighted by atomic mass is 35.5. The van der Waals surface area contributed by atoms with Gasteiger partial charge in [0, 0.05) is 6.20 Å². The molecule has 0 saturated heterocycles. The summed E-state index contributed by atoms with van der Waals surface area (Å²) in [5.74, 6) is -3.18. The summed E-state index contributed by atoms with van der Waals surface area (Å²) < 4.78 is 28.0. The van der Waals surface area contributed by atoms with Crippen molar-refractivity contribution >= 4 is 42.3 Å². The number of nitrogens with one attached hydrogen (secondary N) is 2. The molecule has 0 atom stereocenters. The molecule has 0 aliphatic heterocycles. The minimum atomic E-state index is -1.31. The van der Waals surface area contributed by atoms with E-state index in [0.717, 1.165) is 6.07 Å². The Hall–Kier alpha value is -2.19. The zero-order chi connectivity index (χ0) is 17.1. The maximum atomic E-state index is 14.2. The Morgan fingerprint density at radius 3 is 2.65 bits per heavy atom. The van der Waals surface area contributed by atoms with E-state index in [4.69, 9.17) is 19.4 Å². The number of rotatable bonds is 4. The van der Waals surface area contributed by atoms with Crippen LogP contribution in [0.15, 0.2) is 18.3 Å². The zero-order valence-electron chi connectivity index (χ0n) is 12.2. The number of amides is 1. The summed E-state index contributed by atoms with van der Waals surface area (Å²) in [4.78, 5) is 20.4. The van der Waals surface area contributed by atoms with Gasteiger partial charge in [0.15, 0.2) is 11.6 Å². The summed E-state index contributed by atoms with van der Waals surface area (Å²) in [6.07, 6.45) is 1.34. The molecule has 0 bridgehead atoms. The third-order valence-corrected chi connectivity index (χ3v) is 3.22. The quantitative estimate of drug-likeness (QED) is 0.510. The molecule has 0 aliphatic rings. The number of hydrogen-bond acceptors (Lipinski definition) is 4. The molecule has 2 rings (SSSR count). The second-order valence-corrected chi connectivity index (χ2v) is 5.01. The van der Waals surface area contributed by atoms with Crippen molar-refractivity contribution < 1.29 is 18.4 Å². The van der Waals surface area contributed by atoms with Gasteiger partial charge >= 0.3 is 0 Å². The lowest BCUT2D eigenvalue weighted by atomic mass is 9.97. The molecule has 2 N–H and O–H groups in total. The second-order valence-electron chi connectivity index (χ2n) is 4.60. The van der Waals surface area contributed by atoms with E-state index in [2.05, 4.69) is 15.1 Å². The number of carbonyl (C=O) groups excluding carboxylic acids is 1. The van der Waals surface area contributed by atoms with Gasteiger partial charge in [-0.3, -0.25) is 9.63 Å². The molecule has 1 aromatic carbocycles. The number of anilines is 2. The highest BCUT2D eigenvalue weighted by molar-refractivity contribution is 6.32. The van der Waals surface area contributed by atoms with Crippen molar-refractivity contribution in [3.63, 3.8) is 0 Å². The number of benzene rings is 1. The van der Waals surface area contributed by atoms with Gasteiger partial charge in [0.25, 0.3) is 5.91 Å². The van der Waals surface area contributed by atoms with Crippen LogP contribution in [-0.4, -0.2) is 25.8 Å². The first-order chi connectivity index (χ1) is 10.8. The lowest BCUT2D eigenvalue weighted by Gasteiger charge is -2.15. The fourth-order valence-corrected chi connectivity index (χ4v) is 2.08. The molecule has 1 aromatic heterocycles. The van der Waals surface area contributed by atoms with Crippen LogP contribution >= 0.6 is 11.6 Å². The van der Waals surface area contributed by atoms with Gasteiger partial charge < -0.3 is 5.32 Å². The van der Waals surface area contributed by atoms with Gasteiger partial charge in [0.05, 0.1) is 23.4 Å². The minimum absolute atomic E-state index is 0.214. The molecule has 0 aliphatic carbocycles. The van der Waals surface area contributed by atoms with E-state index in [0.29, 0.717) is 11.0 Å². The summed E-state index contributed by atoms with van der Waals surface area (Å²) >= 11 is 5.59. The van der Waals surface area contributed by atoms with E-state index in [-0.39, 0.29) is 11.4 Å². The molecule has 0 spiro atoms. The molecule has 9 heteroatoms. The first kappa shape index (κ1) is 17.2. The van der Waals surface area contributed by atoms with E-state index in [1.807, 2.05) is 5.48 Å². The Morgan fingerprint density at radius 2 is 2.04 bits per heavy atom. The molecule has 2 aromatic rings. The fraction of sp³-hybridized carbons (Fsp3) is 0.143. The van der Waals surface area contributed by atoms with Gasteiger partial charge in [-0.25, -0.2) is 19.2 Å². The highest BCUT2D eigenvalue weighted by Gasteiger charge is 2.23. The van der Waals surface area contributed by atoms with Gasteiger partial charge in [0.2, 0.25) is 0 Å². The van der Waals surface area contributed by atoms with E-state index in [1.54, 1.807) is 13.0 Å². The molecule has 1 heterocycles. The predicted octanol–water partition coefficient (Wildman–Crippen LogP) is 2.15. The van der Waals surface area contributed by atoms with E-state index >= 15 is 0 Å². The lowest BCUT2D eigenvalue weighted by Crippen LogP contribution is -2.23. The van der Waals surface area contributed by atoms with Gasteiger partial charge in [0.1, 0.15) is 13.7 Å². The summed E-state index contributed by atoms with van der Waals surface area (Å²) in [5.41, 5.74) is 2.35. The van der Waals surface area contributed by atoms with Crippen molar-refractivity contribution in [1.29, 1.82) is 0 Å². The highest BCUT2D eigenvalue weighted by Crippen LogP contribution is 2.31. The molecule has 118 valence electrons. The molecule has 23 heavy (non-hydrogen) atoms. The number of aryl methyl sites for hydroxylation is 1. The molecule has 0 unspecified atom stereocenters. The number of carbonyl (C=O) groups is 1. The third-order valence-electron chi connectivity index (χ3n) is 2.94. The van der Waals surface area contributed by atoms with Crippen LogP contribution in [0.2, 0.25) is 5.02 Å². The molecule has 5 nitrogen and oxygen atoms in total. The molecular formula is C14H11BClF2N3O2. The SMILES string of the molecule is [B]c1cnc(Nc2c(C(=O)NOC)cc(Cl)c(F)c2F)c(C)c1. The average Bonchev–Trinajstić information content (AvgIpc) is 2.50. The number of aromatic nitrogens is 1. The third kappa shape index (κ3) is 3.60. The Morgan fingerprint density at radius 1 is 1.35 bits per heavy atom. The molecular weight excluding hydrogens is 326 g/mol. The first-order valence-corrected chi connectivity index (χ1v) is 6.73. The Bertz CT molecular complexity index is 774. The lowest BCUT2D eigenvalue weighted by molar-refractivity contribution is 0.0538. The minimum Gasteiger partial charge on any atom is -0.337 e. The smallest absolute Gasteiger partial charge is 0.277 e. The van der Waals surface area contributed by atoms with Crippen molar-refractivity contribution in [2.45, 2.75) is 6.92 Å². The van der Waals surface area contributed by atoms with Gasteiger partial charge in [-0.1, -0.05) is 23.1 Å². The molecule has 1 amide bonds. The van der Waals surface area contributed by atoms with Crippen LogP contribution in [0.1, 0.15) is 15.9 Å². The van der Waals surface area contributed by atoms with Crippen LogP contribution in [-0.2, 0) is 4.84 Å². The molecule has 0 saturated carbocycles. The van der Waals surface area contributed by atoms with Crippen LogP contribution in [0.3, 0.4) is 0 Å². The normalized spacial score (nSPS) is 10.5. The zero-order valence-corrected chi connectivity index (χ0v) is 13.0. The standard InChI is InChI=1S/C14H11BClF2N3O2/c1-6-3-7(15)5-19-13(6)20-12-8(14(22)21-23-2)4-9(16)10(17)11(12)18/h3-5H,1-2H3,(H,19,20)(H,21,22). The average molecular weight is 338 g/mol. The van der Waals surface area contributed by atoms with Crippen molar-refractivity contribution in [3.05, 3.63) is 46.1 Å². The molecule has 0 fully saturated rings. The van der Waals surface area contributed by atoms with Crippen LogP contribution in [0.5, 0.6) is 0 Å². The topological polar surface area (TPSA) is 63.2 Å². The maximum Gasteiger partial charge on any atom is 0.277 e. The summed E-state index contributed by atoms with van der Waals surface area (Å²) in [7, 11) is 6.80. The van der Waals surface area contributed by atoms with E-state index in [1.165, 1.54) is 13.3 Å². The number of hydroxylamine groups is 1. The molecule has 2 radical (unpaired) electrons. The van der Waals surface area contributed by atoms with Crippen LogP contribution in [0, 0.1) is 18.6 Å². The summed E-state index contributed by atoms with van der Waals surface area (Å²) in [6.45, 7) is 1.67. The summed E-state index contributed by atoms with van der Waals surface area (Å²) in [6, 6.07) is 2.58. The van der Waals surface area contributed by atoms with Gasteiger partial charge in [-0.2, -0.15) is 0 Å². The number of hydrogen-bond donors (Lipinski definition) is 2. The van der Waals surface area contributed by atoms with Crippen LogP contribution in [0.25, 0.3) is 0 Å². The number of pyridine rings is 1. The second kappa shape index (κ2) is 6.93. The monoisotopic (exact) mass is 337 g/mol. The van der Waals surface area contributed by atoms with Gasteiger partial charge in [-0.05, 0) is 18.6 Å². The largest absolute Gasteiger partial charge is 0.337 e. The van der Waals surface area contributed by atoms with Crippen LogP contribution < -0.4 is 16.3 Å². The van der Waals surface area contributed by atoms with Crippen molar-refractivity contribution in [3.8, 4) is 0 Å². The van der Waals surface area contributed by atoms with Crippen molar-refractivity contribution in [1.82, 2.24) is 10.5 Å². The van der Waals surface area contributed by atoms with Crippen molar-refractivity contribution in [2.24, 2.45) is 0 Å². The van der Waals surface area contributed by atoms with E-state index in [9.17, 15) is 13.6 Å². The Kier molecular flexibility index (Phi) is 5.17. The fourth-order valence-electron chi connectivity index (χ4n) is 1.89.